The van der Waals surface area contributed by atoms with Crippen LogP contribution in [0.2, 0.25) is 0 Å². The number of ether oxygens (including phenoxy) is 2. The molecule has 5 heterocycles. The minimum atomic E-state index is -3.76. The molecule has 1 aliphatic heterocycles. The summed E-state index contributed by atoms with van der Waals surface area (Å²) in [5, 5.41) is 12.9. The van der Waals surface area contributed by atoms with Gasteiger partial charge in [-0.05, 0) is 37.8 Å². The first kappa shape index (κ1) is 31.4. The van der Waals surface area contributed by atoms with Crippen LogP contribution in [-0.2, 0) is 28.4 Å². The van der Waals surface area contributed by atoms with Gasteiger partial charge >= 0.3 is 0 Å². The molecular formula is C29H36N10O6S. The highest BCUT2D eigenvalue weighted by molar-refractivity contribution is 7.92. The first-order chi connectivity index (χ1) is 22.2. The van der Waals surface area contributed by atoms with Crippen molar-refractivity contribution in [1.29, 1.82) is 0 Å². The number of carbonyl (C=O) groups excluding carboxylic acids is 1. The van der Waals surface area contributed by atoms with Gasteiger partial charge in [-0.3, -0.25) is 19.3 Å². The maximum absolute atomic E-state index is 13.0. The van der Waals surface area contributed by atoms with Crippen molar-refractivity contribution in [3.63, 3.8) is 0 Å². The van der Waals surface area contributed by atoms with Crippen LogP contribution >= 0.6 is 0 Å². The summed E-state index contributed by atoms with van der Waals surface area (Å²) in [6.07, 6.45) is 9.77. The minimum Gasteiger partial charge on any atom is -0.474 e. The molecule has 6 rings (SSSR count). The zero-order valence-corrected chi connectivity index (χ0v) is 26.4. The van der Waals surface area contributed by atoms with Crippen molar-refractivity contribution in [3.8, 4) is 5.88 Å². The van der Waals surface area contributed by atoms with E-state index in [9.17, 15) is 18.4 Å². The highest BCUT2D eigenvalue weighted by Gasteiger charge is 2.27. The van der Waals surface area contributed by atoms with E-state index in [1.165, 1.54) is 29.1 Å². The largest absolute Gasteiger partial charge is 0.474 e. The van der Waals surface area contributed by atoms with E-state index >= 15 is 0 Å². The molecule has 16 nitrogen and oxygen atoms in total. The SMILES string of the molecule is Cn1c(CN(c2cnc3cc(N4CCOCC4)nc(OC4CCC(NC(=O)c5ncccn5)CC4)c3c2)S(C)(=O)=O)cnc1NO. The molecule has 4 aromatic heterocycles. The summed E-state index contributed by atoms with van der Waals surface area (Å²) in [7, 11) is -2.09. The zero-order chi connectivity index (χ0) is 32.3. The number of fused-ring (bicyclic) bond motifs is 1. The lowest BCUT2D eigenvalue weighted by atomic mass is 9.93. The molecular weight excluding hydrogens is 616 g/mol. The van der Waals surface area contributed by atoms with Crippen LogP contribution in [-0.4, -0.2) is 93.7 Å². The Morgan fingerprint density at radius 1 is 1.09 bits per heavy atom. The molecule has 46 heavy (non-hydrogen) atoms. The predicted molar refractivity (Wildman–Crippen MR) is 168 cm³/mol. The second kappa shape index (κ2) is 13.4. The zero-order valence-electron chi connectivity index (χ0n) is 25.5. The van der Waals surface area contributed by atoms with Gasteiger partial charge < -0.3 is 24.3 Å². The Morgan fingerprint density at radius 3 is 2.50 bits per heavy atom. The molecule has 17 heteroatoms. The van der Waals surface area contributed by atoms with Gasteiger partial charge in [-0.2, -0.15) is 4.98 Å². The maximum atomic E-state index is 13.0. The topological polar surface area (TPSA) is 190 Å². The van der Waals surface area contributed by atoms with E-state index in [1.807, 2.05) is 11.5 Å². The van der Waals surface area contributed by atoms with E-state index < -0.39 is 10.0 Å². The Hall–Kier alpha value is -4.61. The lowest BCUT2D eigenvalue weighted by Gasteiger charge is -2.31. The second-order valence-corrected chi connectivity index (χ2v) is 13.2. The summed E-state index contributed by atoms with van der Waals surface area (Å²) in [5.41, 5.74) is 3.48. The number of nitrogens with zero attached hydrogens (tertiary/aromatic N) is 8. The van der Waals surface area contributed by atoms with Crippen LogP contribution in [0.3, 0.4) is 0 Å². The standard InChI is InChI=1S/C29H36N10O6S/c1-37-21(17-33-29(37)36-41)18-39(46(2,42)43)20-14-23-24(32-16-20)15-25(38-10-12-44-13-11-38)35-28(23)45-22-6-4-19(5-7-22)34-27(40)26-30-8-3-9-31-26/h3,8-9,14-17,19,22,41H,4-7,10-13,18H2,1-2H3,(H,33,36)(H,34,40). The van der Waals surface area contributed by atoms with E-state index in [0.29, 0.717) is 86.0 Å². The van der Waals surface area contributed by atoms with Crippen molar-refractivity contribution in [1.82, 2.24) is 34.8 Å². The van der Waals surface area contributed by atoms with Gasteiger partial charge in [0.05, 0.1) is 60.7 Å². The molecule has 0 unspecified atom stereocenters. The Bertz CT molecular complexity index is 1790. The van der Waals surface area contributed by atoms with Crippen molar-refractivity contribution < 1.29 is 27.9 Å². The lowest BCUT2D eigenvalue weighted by Crippen LogP contribution is -2.40. The number of pyridine rings is 2. The summed E-state index contributed by atoms with van der Waals surface area (Å²) < 4.78 is 40.9. The van der Waals surface area contributed by atoms with E-state index in [1.54, 1.807) is 23.7 Å². The highest BCUT2D eigenvalue weighted by Crippen LogP contribution is 2.34. The van der Waals surface area contributed by atoms with Gasteiger partial charge in [0, 0.05) is 44.6 Å². The molecule has 4 aromatic rings. The first-order valence-corrected chi connectivity index (χ1v) is 16.8. The number of anilines is 3. The van der Waals surface area contributed by atoms with Gasteiger partial charge in [0.1, 0.15) is 11.9 Å². The number of morpholine rings is 1. The third-order valence-electron chi connectivity index (χ3n) is 8.19. The van der Waals surface area contributed by atoms with Crippen LogP contribution in [0.5, 0.6) is 5.88 Å². The van der Waals surface area contributed by atoms with Gasteiger partial charge in [-0.1, -0.05) is 0 Å². The van der Waals surface area contributed by atoms with Gasteiger partial charge in [0.25, 0.3) is 5.91 Å². The summed E-state index contributed by atoms with van der Waals surface area (Å²) in [6, 6.07) is 5.22. The monoisotopic (exact) mass is 652 g/mol. The van der Waals surface area contributed by atoms with E-state index in [2.05, 4.69) is 30.2 Å². The number of sulfonamides is 1. The quantitative estimate of drug-likeness (QED) is 0.211. The van der Waals surface area contributed by atoms with Crippen LogP contribution in [0.15, 0.2) is 43.0 Å². The first-order valence-electron chi connectivity index (χ1n) is 15.0. The van der Waals surface area contributed by atoms with Crippen LogP contribution in [0.4, 0.5) is 17.5 Å². The molecule has 0 spiro atoms. The van der Waals surface area contributed by atoms with Crippen LogP contribution in [0.1, 0.15) is 42.0 Å². The molecule has 3 N–H and O–H groups in total. The van der Waals surface area contributed by atoms with E-state index in [0.717, 1.165) is 6.26 Å². The number of rotatable bonds is 10. The van der Waals surface area contributed by atoms with Crippen LogP contribution in [0, 0.1) is 0 Å². The molecule has 244 valence electrons. The average Bonchev–Trinajstić information content (AvgIpc) is 3.43. The van der Waals surface area contributed by atoms with E-state index in [-0.39, 0.29) is 36.4 Å². The van der Waals surface area contributed by atoms with Crippen LogP contribution < -0.4 is 24.7 Å². The number of carbonyl (C=O) groups is 1. The Balaban J connectivity index is 1.27. The molecule has 0 bridgehead atoms. The number of hydrogen-bond acceptors (Lipinski definition) is 13. The maximum Gasteiger partial charge on any atom is 0.289 e. The van der Waals surface area contributed by atoms with Gasteiger partial charge in [0.15, 0.2) is 0 Å². The van der Waals surface area contributed by atoms with Crippen molar-refractivity contribution in [2.45, 2.75) is 44.4 Å². The summed E-state index contributed by atoms with van der Waals surface area (Å²) in [5.74, 6) is 1.07. The molecule has 1 amide bonds. The number of imidazole rings is 1. The Morgan fingerprint density at radius 2 is 1.83 bits per heavy atom. The van der Waals surface area contributed by atoms with Crippen LogP contribution in [0.25, 0.3) is 10.9 Å². The molecule has 1 aliphatic carbocycles. The molecule has 1 saturated heterocycles. The molecule has 0 aromatic carbocycles. The fraction of sp³-hybridized carbons (Fsp3) is 0.448. The summed E-state index contributed by atoms with van der Waals surface area (Å²) in [4.78, 5) is 36.4. The summed E-state index contributed by atoms with van der Waals surface area (Å²) in [6.45, 7) is 2.45. The number of amides is 1. The molecule has 1 saturated carbocycles. The normalized spacial score (nSPS) is 18.7. The Labute approximate surface area is 265 Å². The number of hydrogen-bond donors (Lipinski definition) is 3. The van der Waals surface area contributed by atoms with Crippen molar-refractivity contribution >= 4 is 44.3 Å². The average molecular weight is 653 g/mol. The van der Waals surface area contributed by atoms with Crippen molar-refractivity contribution in [2.75, 3.05) is 47.2 Å². The van der Waals surface area contributed by atoms with E-state index in [4.69, 9.17) is 14.5 Å². The molecule has 0 radical (unpaired) electrons. The van der Waals surface area contributed by atoms with Gasteiger partial charge in [-0.15, -0.1) is 0 Å². The molecule has 2 fully saturated rings. The highest BCUT2D eigenvalue weighted by atomic mass is 32.2. The van der Waals surface area contributed by atoms with Gasteiger partial charge in [-0.25, -0.2) is 28.8 Å². The Kier molecular flexibility index (Phi) is 9.14. The third-order valence-corrected chi connectivity index (χ3v) is 9.33. The molecule has 0 atom stereocenters. The molecule has 2 aliphatic rings. The van der Waals surface area contributed by atoms with Gasteiger partial charge in [0.2, 0.25) is 27.7 Å². The second-order valence-electron chi connectivity index (χ2n) is 11.3. The lowest BCUT2D eigenvalue weighted by molar-refractivity contribution is 0.0881. The minimum absolute atomic E-state index is 0.0364. The fourth-order valence-electron chi connectivity index (χ4n) is 5.64. The third kappa shape index (κ3) is 6.95. The number of aromatic nitrogens is 6. The fourth-order valence-corrected chi connectivity index (χ4v) is 6.49. The van der Waals surface area contributed by atoms with Crippen molar-refractivity contribution in [2.24, 2.45) is 7.05 Å². The van der Waals surface area contributed by atoms with Crippen molar-refractivity contribution in [3.05, 3.63) is 54.5 Å². The smallest absolute Gasteiger partial charge is 0.289 e. The summed E-state index contributed by atoms with van der Waals surface area (Å²) >= 11 is 0. The number of nitrogens with one attached hydrogen (secondary N) is 2. The predicted octanol–water partition coefficient (Wildman–Crippen LogP) is 1.88.